The lowest BCUT2D eigenvalue weighted by atomic mass is 9.96. The number of amides is 2. The van der Waals surface area contributed by atoms with Crippen molar-refractivity contribution in [2.45, 2.75) is 19.3 Å². The van der Waals surface area contributed by atoms with Gasteiger partial charge >= 0.3 is 5.76 Å². The lowest BCUT2D eigenvalue weighted by Crippen LogP contribution is -2.44. The van der Waals surface area contributed by atoms with Crippen molar-refractivity contribution in [1.82, 2.24) is 9.88 Å². The number of nitrogens with zero attached hydrogens (tertiary/aromatic N) is 1. The average Bonchev–Trinajstić information content (AvgIpc) is 3.09. The summed E-state index contributed by atoms with van der Waals surface area (Å²) in [5, 5.41) is 2.85. The van der Waals surface area contributed by atoms with Gasteiger partial charge in [-0.05, 0) is 48.7 Å². The number of rotatable bonds is 4. The minimum Gasteiger partial charge on any atom is -0.408 e. The molecule has 150 valence electrons. The van der Waals surface area contributed by atoms with Crippen LogP contribution < -0.4 is 11.1 Å². The third-order valence-electron chi connectivity index (χ3n) is 5.10. The van der Waals surface area contributed by atoms with Crippen molar-refractivity contribution in [3.63, 3.8) is 0 Å². The van der Waals surface area contributed by atoms with Crippen LogP contribution in [0.2, 0.25) is 0 Å². The lowest BCUT2D eigenvalue weighted by molar-refractivity contribution is -0.133. The number of likely N-dealkylation sites (tertiary alicyclic amines) is 1. The van der Waals surface area contributed by atoms with Gasteiger partial charge in [-0.2, -0.15) is 0 Å². The van der Waals surface area contributed by atoms with E-state index in [1.54, 1.807) is 35.2 Å². The number of oxazole rings is 1. The Bertz CT molecular complexity index is 1100. The molecule has 2 aromatic carbocycles. The van der Waals surface area contributed by atoms with Crippen molar-refractivity contribution in [2.75, 3.05) is 18.4 Å². The highest BCUT2D eigenvalue weighted by molar-refractivity contribution is 5.94. The molecule has 7 nitrogen and oxygen atoms in total. The van der Waals surface area contributed by atoms with Crippen LogP contribution in [0.5, 0.6) is 0 Å². The van der Waals surface area contributed by atoms with E-state index in [4.69, 9.17) is 4.42 Å². The third kappa shape index (κ3) is 4.37. The first-order chi connectivity index (χ1) is 14.0. The number of carbonyl (C=O) groups excluding carboxylic acids is 2. The van der Waals surface area contributed by atoms with Crippen LogP contribution in [-0.2, 0) is 16.0 Å². The number of aromatic amines is 1. The van der Waals surface area contributed by atoms with Crippen LogP contribution in [0.25, 0.3) is 11.1 Å². The molecule has 4 rings (SSSR count). The molecule has 1 aliphatic heterocycles. The van der Waals surface area contributed by atoms with Crippen LogP contribution in [0.4, 0.5) is 10.1 Å². The molecule has 2 heterocycles. The minimum absolute atomic E-state index is 0.0773. The molecule has 0 saturated carbocycles. The van der Waals surface area contributed by atoms with Crippen molar-refractivity contribution in [3.8, 4) is 0 Å². The van der Waals surface area contributed by atoms with Gasteiger partial charge in [0.05, 0.1) is 17.9 Å². The van der Waals surface area contributed by atoms with E-state index in [1.165, 1.54) is 12.1 Å². The highest BCUT2D eigenvalue weighted by Crippen LogP contribution is 2.21. The summed E-state index contributed by atoms with van der Waals surface area (Å²) in [4.78, 5) is 40.8. The van der Waals surface area contributed by atoms with E-state index in [0.717, 1.165) is 12.0 Å². The second-order valence-corrected chi connectivity index (χ2v) is 7.20. The first-order valence-electron chi connectivity index (χ1n) is 9.44. The molecular weight excluding hydrogens is 377 g/mol. The summed E-state index contributed by atoms with van der Waals surface area (Å²) >= 11 is 0. The third-order valence-corrected chi connectivity index (χ3v) is 5.10. The van der Waals surface area contributed by atoms with Crippen molar-refractivity contribution in [3.05, 3.63) is 64.4 Å². The number of benzene rings is 2. The summed E-state index contributed by atoms with van der Waals surface area (Å²) in [6.07, 6.45) is 1.61. The number of halogens is 1. The highest BCUT2D eigenvalue weighted by Gasteiger charge is 2.28. The van der Waals surface area contributed by atoms with Gasteiger partial charge in [-0.3, -0.25) is 14.6 Å². The highest BCUT2D eigenvalue weighted by atomic mass is 19.1. The van der Waals surface area contributed by atoms with Crippen molar-refractivity contribution < 1.29 is 18.4 Å². The number of carbonyl (C=O) groups is 2. The SMILES string of the molecule is O=C(Nc1ccc2oc(=O)[nH]c2c1)C1CCCN(C(=O)Cc2ccc(F)cc2)C1. The number of aromatic nitrogens is 1. The Morgan fingerprint density at radius 1 is 1.21 bits per heavy atom. The van der Waals surface area contributed by atoms with Gasteiger partial charge in [-0.1, -0.05) is 12.1 Å². The zero-order valence-corrected chi connectivity index (χ0v) is 15.6. The number of hydrogen-bond acceptors (Lipinski definition) is 4. The fourth-order valence-electron chi connectivity index (χ4n) is 3.58. The van der Waals surface area contributed by atoms with E-state index in [-0.39, 0.29) is 30.0 Å². The lowest BCUT2D eigenvalue weighted by Gasteiger charge is -2.32. The minimum atomic E-state index is -0.550. The molecular formula is C21H20FN3O4. The molecule has 1 unspecified atom stereocenters. The Morgan fingerprint density at radius 3 is 2.79 bits per heavy atom. The molecule has 1 atom stereocenters. The van der Waals surface area contributed by atoms with Gasteiger partial charge in [0.1, 0.15) is 5.82 Å². The summed E-state index contributed by atoms with van der Waals surface area (Å²) in [5.74, 6) is -1.46. The van der Waals surface area contributed by atoms with Crippen LogP contribution in [0, 0.1) is 11.7 Å². The number of hydrogen-bond donors (Lipinski definition) is 2. The molecule has 1 aromatic heterocycles. The number of nitrogens with one attached hydrogen (secondary N) is 2. The Labute approximate surface area is 165 Å². The fourth-order valence-corrected chi connectivity index (χ4v) is 3.58. The number of anilines is 1. The maximum absolute atomic E-state index is 13.0. The van der Waals surface area contributed by atoms with Crippen molar-refractivity contribution >= 4 is 28.6 Å². The first-order valence-corrected chi connectivity index (χ1v) is 9.44. The Kier molecular flexibility index (Phi) is 5.16. The quantitative estimate of drug-likeness (QED) is 0.708. The summed E-state index contributed by atoms with van der Waals surface area (Å²) in [5.41, 5.74) is 2.22. The average molecular weight is 397 g/mol. The van der Waals surface area contributed by atoms with Crippen molar-refractivity contribution in [2.24, 2.45) is 5.92 Å². The number of piperidine rings is 1. The normalized spacial score (nSPS) is 16.7. The summed E-state index contributed by atoms with van der Waals surface area (Å²) in [6, 6.07) is 10.8. The zero-order valence-electron chi connectivity index (χ0n) is 15.6. The summed E-state index contributed by atoms with van der Waals surface area (Å²) < 4.78 is 18.0. The number of H-pyrrole nitrogens is 1. The van der Waals surface area contributed by atoms with Crippen LogP contribution in [0.15, 0.2) is 51.7 Å². The fraction of sp³-hybridized carbons (Fsp3) is 0.286. The van der Waals surface area contributed by atoms with Gasteiger partial charge in [0, 0.05) is 18.8 Å². The molecule has 0 radical (unpaired) electrons. The molecule has 1 saturated heterocycles. The standard InChI is InChI=1S/C21H20FN3O4/c22-15-5-3-13(4-6-15)10-19(26)25-9-1-2-14(12-25)20(27)23-16-7-8-18-17(11-16)24-21(28)29-18/h3-8,11,14H,1-2,9-10,12H2,(H,23,27)(H,24,28). The van der Waals surface area contributed by atoms with Crippen LogP contribution >= 0.6 is 0 Å². The van der Waals surface area contributed by atoms with E-state index in [9.17, 15) is 18.8 Å². The van der Waals surface area contributed by atoms with Crippen LogP contribution in [-0.4, -0.2) is 34.8 Å². The monoisotopic (exact) mass is 397 g/mol. The molecule has 0 bridgehead atoms. The zero-order chi connectivity index (χ0) is 20.4. The number of fused-ring (bicyclic) bond motifs is 1. The molecule has 8 heteroatoms. The Morgan fingerprint density at radius 2 is 2.00 bits per heavy atom. The molecule has 2 amide bonds. The van der Waals surface area contributed by atoms with Crippen molar-refractivity contribution in [1.29, 1.82) is 0 Å². The van der Waals surface area contributed by atoms with Gasteiger partial charge < -0.3 is 14.6 Å². The molecule has 3 aromatic rings. The van der Waals surface area contributed by atoms with E-state index in [2.05, 4.69) is 10.3 Å². The van der Waals surface area contributed by atoms with E-state index < -0.39 is 5.76 Å². The Hall–Kier alpha value is -3.42. The largest absolute Gasteiger partial charge is 0.417 e. The van der Waals surface area contributed by atoms with Gasteiger partial charge in [-0.25, -0.2) is 9.18 Å². The van der Waals surface area contributed by atoms with Crippen LogP contribution in [0.3, 0.4) is 0 Å². The summed E-state index contributed by atoms with van der Waals surface area (Å²) in [7, 11) is 0. The Balaban J connectivity index is 1.38. The molecule has 1 aliphatic rings. The van der Waals surface area contributed by atoms with Gasteiger partial charge in [-0.15, -0.1) is 0 Å². The molecule has 0 spiro atoms. The topological polar surface area (TPSA) is 95.4 Å². The molecule has 1 fully saturated rings. The van der Waals surface area contributed by atoms with E-state index in [0.29, 0.717) is 36.3 Å². The van der Waals surface area contributed by atoms with E-state index >= 15 is 0 Å². The predicted octanol–water partition coefficient (Wildman–Crippen LogP) is 2.68. The summed E-state index contributed by atoms with van der Waals surface area (Å²) in [6.45, 7) is 0.947. The second-order valence-electron chi connectivity index (χ2n) is 7.20. The van der Waals surface area contributed by atoms with Gasteiger partial charge in [0.25, 0.3) is 0 Å². The van der Waals surface area contributed by atoms with Gasteiger partial charge in [0.2, 0.25) is 11.8 Å². The smallest absolute Gasteiger partial charge is 0.408 e. The molecule has 29 heavy (non-hydrogen) atoms. The molecule has 2 N–H and O–H groups in total. The maximum atomic E-state index is 13.0. The maximum Gasteiger partial charge on any atom is 0.417 e. The second kappa shape index (κ2) is 7.90. The van der Waals surface area contributed by atoms with Crippen LogP contribution in [0.1, 0.15) is 18.4 Å². The first kappa shape index (κ1) is 18.9. The molecule has 0 aliphatic carbocycles. The van der Waals surface area contributed by atoms with Gasteiger partial charge in [0.15, 0.2) is 5.58 Å². The van der Waals surface area contributed by atoms with E-state index in [1.807, 2.05) is 0 Å². The predicted molar refractivity (Wildman–Crippen MR) is 105 cm³/mol.